The van der Waals surface area contributed by atoms with E-state index in [9.17, 15) is 4.79 Å². The molecule has 4 heteroatoms. The van der Waals surface area contributed by atoms with Crippen LogP contribution < -0.4 is 14.8 Å². The molecule has 0 radical (unpaired) electrons. The van der Waals surface area contributed by atoms with Gasteiger partial charge in [0.05, 0.1) is 0 Å². The van der Waals surface area contributed by atoms with Crippen molar-refractivity contribution < 1.29 is 14.3 Å². The molecule has 0 aliphatic carbocycles. The molecule has 0 spiro atoms. The molecule has 1 aliphatic heterocycles. The number of hydrogen-bond acceptors (Lipinski definition) is 3. The summed E-state index contributed by atoms with van der Waals surface area (Å²) >= 11 is 0. The molecule has 126 valence electrons. The first-order valence-electron chi connectivity index (χ1n) is 8.15. The topological polar surface area (TPSA) is 47.6 Å². The van der Waals surface area contributed by atoms with E-state index in [4.69, 9.17) is 9.47 Å². The normalized spacial score (nSPS) is 14.7. The van der Waals surface area contributed by atoms with Crippen molar-refractivity contribution in [3.8, 4) is 11.5 Å². The van der Waals surface area contributed by atoms with Crippen molar-refractivity contribution in [3.05, 3.63) is 53.1 Å². The van der Waals surface area contributed by atoms with Crippen molar-refractivity contribution in [2.75, 3.05) is 11.9 Å². The van der Waals surface area contributed by atoms with Gasteiger partial charge in [-0.15, -0.1) is 0 Å². The third-order valence-electron chi connectivity index (χ3n) is 4.07. The molecule has 0 fully saturated rings. The van der Waals surface area contributed by atoms with Gasteiger partial charge in [0.1, 0.15) is 5.60 Å². The van der Waals surface area contributed by atoms with Gasteiger partial charge in [-0.25, -0.2) is 0 Å². The largest absolute Gasteiger partial charge is 0.483 e. The summed E-state index contributed by atoms with van der Waals surface area (Å²) in [4.78, 5) is 12.2. The van der Waals surface area contributed by atoms with Gasteiger partial charge in [0.15, 0.2) is 18.1 Å². The van der Waals surface area contributed by atoms with E-state index in [0.717, 1.165) is 29.0 Å². The van der Waals surface area contributed by atoms with Crippen LogP contribution >= 0.6 is 0 Å². The maximum Gasteiger partial charge on any atom is 0.262 e. The summed E-state index contributed by atoms with van der Waals surface area (Å²) in [6.07, 6.45) is 0.842. The molecule has 0 atom stereocenters. The molecule has 2 aromatic rings. The molecule has 3 rings (SSSR count). The number of carbonyl (C=O) groups excluding carboxylic acids is 1. The van der Waals surface area contributed by atoms with Gasteiger partial charge in [0, 0.05) is 17.7 Å². The number of hydrogen-bond donors (Lipinski definition) is 1. The van der Waals surface area contributed by atoms with E-state index in [2.05, 4.69) is 5.32 Å². The van der Waals surface area contributed by atoms with Crippen molar-refractivity contribution >= 4 is 11.6 Å². The lowest BCUT2D eigenvalue weighted by Crippen LogP contribution is -2.25. The summed E-state index contributed by atoms with van der Waals surface area (Å²) < 4.78 is 11.7. The number of carbonyl (C=O) groups is 1. The highest BCUT2D eigenvalue weighted by molar-refractivity contribution is 5.92. The lowest BCUT2D eigenvalue weighted by Gasteiger charge is -2.18. The van der Waals surface area contributed by atoms with Gasteiger partial charge in [-0.1, -0.05) is 29.8 Å². The molecule has 0 aromatic heterocycles. The van der Waals surface area contributed by atoms with Crippen LogP contribution in [0.3, 0.4) is 0 Å². The Balaban J connectivity index is 1.65. The van der Waals surface area contributed by atoms with E-state index >= 15 is 0 Å². The van der Waals surface area contributed by atoms with Crippen molar-refractivity contribution in [2.45, 2.75) is 39.7 Å². The maximum absolute atomic E-state index is 12.2. The summed E-state index contributed by atoms with van der Waals surface area (Å²) in [5.74, 6) is 1.19. The Hall–Kier alpha value is -2.49. The van der Waals surface area contributed by atoms with Gasteiger partial charge in [-0.2, -0.15) is 0 Å². The van der Waals surface area contributed by atoms with Crippen molar-refractivity contribution in [1.29, 1.82) is 0 Å². The van der Waals surface area contributed by atoms with Crippen molar-refractivity contribution in [3.63, 3.8) is 0 Å². The minimum absolute atomic E-state index is 0.0481. The van der Waals surface area contributed by atoms with Crippen LogP contribution in [-0.2, 0) is 11.2 Å². The fraction of sp³-hybridized carbons (Fsp3) is 0.350. The Morgan fingerprint density at radius 3 is 2.79 bits per heavy atom. The Labute approximate surface area is 142 Å². The smallest absolute Gasteiger partial charge is 0.262 e. The summed E-state index contributed by atoms with van der Waals surface area (Å²) in [6.45, 7) is 8.05. The van der Waals surface area contributed by atoms with E-state index in [1.807, 2.05) is 64.1 Å². The molecular weight excluding hydrogens is 302 g/mol. The van der Waals surface area contributed by atoms with Crippen molar-refractivity contribution in [2.24, 2.45) is 0 Å². The van der Waals surface area contributed by atoms with Gasteiger partial charge in [-0.3, -0.25) is 4.79 Å². The summed E-state index contributed by atoms with van der Waals surface area (Å²) in [5.41, 5.74) is 3.90. The average molecular weight is 325 g/mol. The number of aryl methyl sites for hydroxylation is 2. The molecule has 1 aliphatic rings. The molecule has 1 N–H and O–H groups in total. The standard InChI is InChI=1S/C20H23NO3/c1-13-8-9-16(14(2)10-13)21-18(22)12-23-17-7-5-6-15-11-20(3,4)24-19(15)17/h5-10H,11-12H2,1-4H3,(H,21,22). The summed E-state index contributed by atoms with van der Waals surface area (Å²) in [6, 6.07) is 11.7. The minimum Gasteiger partial charge on any atom is -0.483 e. The summed E-state index contributed by atoms with van der Waals surface area (Å²) in [5, 5.41) is 2.89. The highest BCUT2D eigenvalue weighted by atomic mass is 16.5. The number of amides is 1. The number of ether oxygens (including phenoxy) is 2. The van der Waals surface area contributed by atoms with E-state index in [0.29, 0.717) is 5.75 Å². The molecule has 0 saturated carbocycles. The molecule has 0 bridgehead atoms. The Morgan fingerprint density at radius 1 is 1.25 bits per heavy atom. The lowest BCUT2D eigenvalue weighted by atomic mass is 10.0. The molecule has 4 nitrogen and oxygen atoms in total. The molecule has 1 heterocycles. The second-order valence-corrected chi connectivity index (χ2v) is 6.94. The number of nitrogens with one attached hydrogen (secondary N) is 1. The van der Waals surface area contributed by atoms with Crippen LogP contribution in [0.4, 0.5) is 5.69 Å². The van der Waals surface area contributed by atoms with Crippen LogP contribution in [-0.4, -0.2) is 18.1 Å². The van der Waals surface area contributed by atoms with Gasteiger partial charge in [-0.05, 0) is 45.4 Å². The first-order valence-corrected chi connectivity index (χ1v) is 8.15. The zero-order valence-electron chi connectivity index (χ0n) is 14.6. The third kappa shape index (κ3) is 3.53. The number of rotatable bonds is 4. The predicted molar refractivity (Wildman–Crippen MR) is 94.9 cm³/mol. The monoisotopic (exact) mass is 325 g/mol. The van der Waals surface area contributed by atoms with Crippen molar-refractivity contribution in [1.82, 2.24) is 0 Å². The molecule has 24 heavy (non-hydrogen) atoms. The van der Waals surface area contributed by atoms with Crippen LogP contribution in [0, 0.1) is 13.8 Å². The number of benzene rings is 2. The molecule has 2 aromatic carbocycles. The maximum atomic E-state index is 12.2. The highest BCUT2D eigenvalue weighted by Crippen LogP contribution is 2.41. The third-order valence-corrected chi connectivity index (χ3v) is 4.07. The average Bonchev–Trinajstić information content (AvgIpc) is 2.82. The minimum atomic E-state index is -0.233. The highest BCUT2D eigenvalue weighted by Gasteiger charge is 2.32. The number of fused-ring (bicyclic) bond motifs is 1. The van der Waals surface area contributed by atoms with E-state index in [1.165, 1.54) is 5.56 Å². The second-order valence-electron chi connectivity index (χ2n) is 6.94. The molecule has 0 unspecified atom stereocenters. The molecule has 1 amide bonds. The summed E-state index contributed by atoms with van der Waals surface area (Å²) in [7, 11) is 0. The first kappa shape index (κ1) is 16.4. The van der Waals surface area contributed by atoms with E-state index < -0.39 is 0 Å². The second kappa shape index (κ2) is 6.19. The lowest BCUT2D eigenvalue weighted by molar-refractivity contribution is -0.118. The Bertz CT molecular complexity index is 780. The van der Waals surface area contributed by atoms with Gasteiger partial charge in [0.2, 0.25) is 0 Å². The van der Waals surface area contributed by atoms with Crippen LogP contribution in [0.2, 0.25) is 0 Å². The van der Waals surface area contributed by atoms with Gasteiger partial charge >= 0.3 is 0 Å². The fourth-order valence-corrected chi connectivity index (χ4v) is 2.98. The van der Waals surface area contributed by atoms with E-state index in [1.54, 1.807) is 0 Å². The zero-order valence-corrected chi connectivity index (χ0v) is 14.6. The number of anilines is 1. The predicted octanol–water partition coefficient (Wildman–Crippen LogP) is 4.03. The fourth-order valence-electron chi connectivity index (χ4n) is 2.98. The quantitative estimate of drug-likeness (QED) is 0.923. The SMILES string of the molecule is Cc1ccc(NC(=O)COc2cccc3c2OC(C)(C)C3)c(C)c1. The van der Waals surface area contributed by atoms with Gasteiger partial charge < -0.3 is 14.8 Å². The zero-order chi connectivity index (χ0) is 17.3. The molecule has 0 saturated heterocycles. The van der Waals surface area contributed by atoms with Crippen LogP contribution in [0.25, 0.3) is 0 Å². The van der Waals surface area contributed by atoms with Gasteiger partial charge in [0.25, 0.3) is 5.91 Å². The van der Waals surface area contributed by atoms with Crippen LogP contribution in [0.5, 0.6) is 11.5 Å². The Morgan fingerprint density at radius 2 is 2.04 bits per heavy atom. The molecular formula is C20H23NO3. The number of para-hydroxylation sites is 1. The van der Waals surface area contributed by atoms with E-state index in [-0.39, 0.29) is 18.1 Å². The van der Waals surface area contributed by atoms with Crippen LogP contribution in [0.1, 0.15) is 30.5 Å². The Kier molecular flexibility index (Phi) is 4.22. The first-order chi connectivity index (χ1) is 11.3. The van der Waals surface area contributed by atoms with Crippen LogP contribution in [0.15, 0.2) is 36.4 Å².